The second-order valence-electron chi connectivity index (χ2n) is 4.27. The quantitative estimate of drug-likeness (QED) is 0.846. The van der Waals surface area contributed by atoms with Crippen molar-refractivity contribution in [3.63, 3.8) is 0 Å². The Morgan fingerprint density at radius 1 is 1.32 bits per heavy atom. The minimum atomic E-state index is -3.57. The molecular weight excluding hydrogens is 282 g/mol. The van der Waals surface area contributed by atoms with Gasteiger partial charge >= 0.3 is 0 Å². The van der Waals surface area contributed by atoms with Crippen LogP contribution in [0.25, 0.3) is 0 Å². The van der Waals surface area contributed by atoms with Crippen molar-refractivity contribution in [2.45, 2.75) is 9.92 Å². The summed E-state index contributed by atoms with van der Waals surface area (Å²) in [4.78, 5) is 4.96. The van der Waals surface area contributed by atoms with E-state index in [4.69, 9.17) is 0 Å². The fourth-order valence-corrected chi connectivity index (χ4v) is 4.65. The molecule has 2 aromatic rings. The molecule has 0 spiro atoms. The van der Waals surface area contributed by atoms with Gasteiger partial charge < -0.3 is 4.57 Å². The Kier molecular flexibility index (Phi) is 3.02. The lowest BCUT2D eigenvalue weighted by atomic mass is 10.3. The molecule has 7 heteroatoms. The van der Waals surface area contributed by atoms with Crippen LogP contribution in [0.5, 0.6) is 0 Å². The molecule has 0 aliphatic carbocycles. The van der Waals surface area contributed by atoms with E-state index in [1.54, 1.807) is 23.4 Å². The van der Waals surface area contributed by atoms with E-state index in [0.717, 1.165) is 16.3 Å². The number of benzene rings is 1. The summed E-state index contributed by atoms with van der Waals surface area (Å²) >= 11 is 1.68. The Hall–Kier alpha value is -1.47. The summed E-state index contributed by atoms with van der Waals surface area (Å²) in [7, 11) is -1.81. The third-order valence-electron chi connectivity index (χ3n) is 2.92. The van der Waals surface area contributed by atoms with Crippen LogP contribution in [-0.4, -0.2) is 30.3 Å². The molecule has 0 fully saturated rings. The Balaban J connectivity index is 2.08. The third kappa shape index (κ3) is 2.12. The van der Waals surface area contributed by atoms with Crippen molar-refractivity contribution in [3.8, 4) is 0 Å². The van der Waals surface area contributed by atoms with E-state index in [-0.39, 0.29) is 5.03 Å². The van der Waals surface area contributed by atoms with Crippen molar-refractivity contribution >= 4 is 27.5 Å². The number of nitrogens with zero attached hydrogens (tertiary/aromatic N) is 3. The number of sulfonamides is 1. The number of para-hydroxylation sites is 1. The van der Waals surface area contributed by atoms with Gasteiger partial charge in [-0.05, 0) is 12.1 Å². The number of anilines is 1. The number of aromatic nitrogens is 2. The van der Waals surface area contributed by atoms with Crippen molar-refractivity contribution in [1.29, 1.82) is 0 Å². The summed E-state index contributed by atoms with van der Waals surface area (Å²) in [6.45, 7) is 0.473. The largest absolute Gasteiger partial charge is 0.339 e. The van der Waals surface area contributed by atoms with E-state index >= 15 is 0 Å². The molecule has 1 aliphatic heterocycles. The number of hydrogen-bond donors (Lipinski definition) is 0. The van der Waals surface area contributed by atoms with Gasteiger partial charge in [0.25, 0.3) is 10.0 Å². The average molecular weight is 295 g/mol. The number of rotatable bonds is 2. The molecule has 5 nitrogen and oxygen atoms in total. The topological polar surface area (TPSA) is 55.2 Å². The first-order chi connectivity index (χ1) is 9.09. The summed E-state index contributed by atoms with van der Waals surface area (Å²) in [6.07, 6.45) is 3.02. The summed E-state index contributed by atoms with van der Waals surface area (Å²) in [6, 6.07) is 7.55. The Labute approximate surface area is 116 Å². The number of thioether (sulfide) groups is 1. The van der Waals surface area contributed by atoms with Crippen LogP contribution < -0.4 is 4.31 Å². The monoisotopic (exact) mass is 295 g/mol. The Morgan fingerprint density at radius 3 is 2.84 bits per heavy atom. The average Bonchev–Trinajstić information content (AvgIpc) is 2.85. The van der Waals surface area contributed by atoms with Gasteiger partial charge in [-0.2, -0.15) is 8.42 Å². The van der Waals surface area contributed by atoms with E-state index in [1.165, 1.54) is 16.8 Å². The maximum absolute atomic E-state index is 12.6. The van der Waals surface area contributed by atoms with Crippen LogP contribution in [0.15, 0.2) is 46.7 Å². The zero-order valence-electron chi connectivity index (χ0n) is 10.4. The molecule has 0 atom stereocenters. The lowest BCUT2D eigenvalue weighted by Crippen LogP contribution is -2.35. The highest BCUT2D eigenvalue weighted by molar-refractivity contribution is 8.00. The highest BCUT2D eigenvalue weighted by Gasteiger charge is 2.30. The van der Waals surface area contributed by atoms with Gasteiger partial charge in [0.1, 0.15) is 0 Å². The molecular formula is C12H13N3O2S2. The predicted octanol–water partition coefficient (Wildman–Crippen LogP) is 1.72. The molecule has 0 amide bonds. The fourth-order valence-electron chi connectivity index (χ4n) is 2.03. The van der Waals surface area contributed by atoms with Crippen LogP contribution in [0.3, 0.4) is 0 Å². The Morgan fingerprint density at radius 2 is 2.11 bits per heavy atom. The van der Waals surface area contributed by atoms with E-state index in [2.05, 4.69) is 4.98 Å². The Bertz CT molecular complexity index is 709. The van der Waals surface area contributed by atoms with Gasteiger partial charge in [0.05, 0.1) is 12.0 Å². The SMILES string of the molecule is Cn1cnc(S(=O)(=O)N2CCSc3ccccc32)c1. The molecule has 0 unspecified atom stereocenters. The highest BCUT2D eigenvalue weighted by Crippen LogP contribution is 2.36. The number of imidazole rings is 1. The molecule has 1 aliphatic rings. The van der Waals surface area contributed by atoms with Crippen molar-refractivity contribution in [2.24, 2.45) is 7.05 Å². The van der Waals surface area contributed by atoms with Crippen LogP contribution in [-0.2, 0) is 17.1 Å². The van der Waals surface area contributed by atoms with Gasteiger partial charge in [-0.15, -0.1) is 11.8 Å². The molecule has 0 N–H and O–H groups in total. The molecule has 3 rings (SSSR count). The first-order valence-corrected chi connectivity index (χ1v) is 8.24. The van der Waals surface area contributed by atoms with E-state index in [9.17, 15) is 8.42 Å². The van der Waals surface area contributed by atoms with E-state index in [1.807, 2.05) is 24.3 Å². The summed E-state index contributed by atoms with van der Waals surface area (Å²) < 4.78 is 28.3. The summed E-state index contributed by atoms with van der Waals surface area (Å²) in [5.41, 5.74) is 0.740. The van der Waals surface area contributed by atoms with Crippen molar-refractivity contribution in [2.75, 3.05) is 16.6 Å². The molecule has 0 bridgehead atoms. The van der Waals surface area contributed by atoms with Crippen LogP contribution >= 0.6 is 11.8 Å². The van der Waals surface area contributed by atoms with Gasteiger partial charge in [0.15, 0.2) is 5.03 Å². The van der Waals surface area contributed by atoms with Crippen molar-refractivity contribution in [3.05, 3.63) is 36.8 Å². The van der Waals surface area contributed by atoms with E-state index in [0.29, 0.717) is 6.54 Å². The summed E-state index contributed by atoms with van der Waals surface area (Å²) in [5.74, 6) is 0.753. The van der Waals surface area contributed by atoms with Gasteiger partial charge in [-0.1, -0.05) is 12.1 Å². The highest BCUT2D eigenvalue weighted by atomic mass is 32.2. The molecule has 19 heavy (non-hydrogen) atoms. The zero-order valence-corrected chi connectivity index (χ0v) is 12.0. The molecule has 1 aromatic carbocycles. The molecule has 2 heterocycles. The van der Waals surface area contributed by atoms with Crippen LogP contribution in [0, 0.1) is 0 Å². The number of hydrogen-bond acceptors (Lipinski definition) is 4. The zero-order chi connectivity index (χ0) is 13.5. The first-order valence-electron chi connectivity index (χ1n) is 5.81. The van der Waals surface area contributed by atoms with Crippen molar-refractivity contribution in [1.82, 2.24) is 9.55 Å². The molecule has 1 aromatic heterocycles. The molecule has 0 radical (unpaired) electrons. The van der Waals surface area contributed by atoms with Crippen LogP contribution in [0.2, 0.25) is 0 Å². The maximum Gasteiger partial charge on any atom is 0.283 e. The van der Waals surface area contributed by atoms with Gasteiger partial charge in [0.2, 0.25) is 0 Å². The lowest BCUT2D eigenvalue weighted by molar-refractivity contribution is 0.588. The molecule has 100 valence electrons. The first kappa shape index (κ1) is 12.6. The predicted molar refractivity (Wildman–Crippen MR) is 74.9 cm³/mol. The van der Waals surface area contributed by atoms with E-state index < -0.39 is 10.0 Å². The smallest absolute Gasteiger partial charge is 0.283 e. The second-order valence-corrected chi connectivity index (χ2v) is 7.22. The van der Waals surface area contributed by atoms with Gasteiger partial charge in [-0.3, -0.25) is 4.31 Å². The fraction of sp³-hybridized carbons (Fsp3) is 0.250. The minimum absolute atomic E-state index is 0.0942. The number of fused-ring (bicyclic) bond motifs is 1. The van der Waals surface area contributed by atoms with Gasteiger partial charge in [0, 0.05) is 30.4 Å². The lowest BCUT2D eigenvalue weighted by Gasteiger charge is -2.29. The molecule has 0 saturated heterocycles. The standard InChI is InChI=1S/C12H13N3O2S2/c1-14-8-12(13-9-14)19(16,17)15-6-7-18-11-5-3-2-4-10(11)15/h2-5,8-9H,6-7H2,1H3. The normalized spacial score (nSPS) is 15.3. The maximum atomic E-state index is 12.6. The minimum Gasteiger partial charge on any atom is -0.339 e. The number of aryl methyl sites for hydroxylation is 1. The third-order valence-corrected chi connectivity index (χ3v) is 5.66. The molecule has 0 saturated carbocycles. The van der Waals surface area contributed by atoms with Crippen molar-refractivity contribution < 1.29 is 8.42 Å². The van der Waals surface area contributed by atoms with Crippen LogP contribution in [0.1, 0.15) is 0 Å². The van der Waals surface area contributed by atoms with Gasteiger partial charge in [-0.25, -0.2) is 4.98 Å². The second kappa shape index (κ2) is 4.57. The van der Waals surface area contributed by atoms with Crippen LogP contribution in [0.4, 0.5) is 5.69 Å². The summed E-state index contributed by atoms with van der Waals surface area (Å²) in [5, 5.41) is 0.0942.